The van der Waals surface area contributed by atoms with Gasteiger partial charge >= 0.3 is 0 Å². The summed E-state index contributed by atoms with van der Waals surface area (Å²) in [5, 5.41) is 14.0. The maximum absolute atomic E-state index is 10.8. The molecule has 0 fully saturated rings. The van der Waals surface area contributed by atoms with Gasteiger partial charge in [-0.2, -0.15) is 0 Å². The molecule has 0 atom stereocenters. The number of nitrogens with zero attached hydrogens (tertiary/aromatic N) is 1. The smallest absolute Gasteiger partial charge is 0.276 e. The summed E-state index contributed by atoms with van der Waals surface area (Å²) in [7, 11) is 0. The number of benzene rings is 1. The summed E-state index contributed by atoms with van der Waals surface area (Å²) >= 11 is 0. The van der Waals surface area contributed by atoms with Crippen LogP contribution in [0.25, 0.3) is 0 Å². The Kier molecular flexibility index (Phi) is 6.67. The van der Waals surface area contributed by atoms with Gasteiger partial charge in [-0.15, -0.1) is 0 Å². The van der Waals surface area contributed by atoms with Crippen LogP contribution in [0, 0.1) is 10.1 Å². The number of nitro groups is 1. The molecule has 1 aromatic rings. The van der Waals surface area contributed by atoms with E-state index >= 15 is 0 Å². The van der Waals surface area contributed by atoms with Gasteiger partial charge in [0, 0.05) is 12.6 Å². The lowest BCUT2D eigenvalue weighted by Gasteiger charge is -2.09. The van der Waals surface area contributed by atoms with Crippen molar-refractivity contribution >= 4 is 5.69 Å². The van der Waals surface area contributed by atoms with Crippen LogP contribution in [-0.2, 0) is 0 Å². The Hall–Kier alpha value is -1.82. The molecular weight excluding hydrogens is 248 g/mol. The van der Waals surface area contributed by atoms with E-state index in [1.165, 1.54) is 12.1 Å². The molecule has 0 amide bonds. The SMILES string of the molecule is CCCOc1cc(OCCNCC)cc([N+](=O)[O-])c1. The summed E-state index contributed by atoms with van der Waals surface area (Å²) in [4.78, 5) is 10.4. The maximum atomic E-state index is 10.8. The molecule has 0 unspecified atom stereocenters. The molecule has 0 aliphatic carbocycles. The van der Waals surface area contributed by atoms with E-state index < -0.39 is 4.92 Å². The monoisotopic (exact) mass is 268 g/mol. The van der Waals surface area contributed by atoms with Crippen LogP contribution in [0.15, 0.2) is 18.2 Å². The maximum Gasteiger partial charge on any atom is 0.276 e. The van der Waals surface area contributed by atoms with Crippen molar-refractivity contribution in [3.8, 4) is 11.5 Å². The molecule has 0 spiro atoms. The standard InChI is InChI=1S/C13H20N2O4/c1-3-6-18-12-8-11(15(16)17)9-13(10-12)19-7-5-14-4-2/h8-10,14H,3-7H2,1-2H3. The highest BCUT2D eigenvalue weighted by atomic mass is 16.6. The quantitative estimate of drug-likeness (QED) is 0.423. The van der Waals surface area contributed by atoms with E-state index in [0.29, 0.717) is 31.3 Å². The second kappa shape index (κ2) is 8.31. The Morgan fingerprint density at radius 1 is 1.16 bits per heavy atom. The zero-order valence-electron chi connectivity index (χ0n) is 11.3. The average molecular weight is 268 g/mol. The fourth-order valence-electron chi connectivity index (χ4n) is 1.47. The van der Waals surface area contributed by atoms with Crippen LogP contribution in [0.1, 0.15) is 20.3 Å². The Bertz CT molecular complexity index is 410. The molecular formula is C13H20N2O4. The highest BCUT2D eigenvalue weighted by molar-refractivity contribution is 5.46. The van der Waals surface area contributed by atoms with Crippen molar-refractivity contribution in [3.63, 3.8) is 0 Å². The summed E-state index contributed by atoms with van der Waals surface area (Å²) in [6.45, 7) is 6.53. The predicted octanol–water partition coefficient (Wildman–Crippen LogP) is 2.37. The minimum absolute atomic E-state index is 0.0212. The van der Waals surface area contributed by atoms with Crippen LogP contribution in [-0.4, -0.2) is 31.2 Å². The number of nitrogens with one attached hydrogen (secondary N) is 1. The molecule has 1 aromatic carbocycles. The molecule has 0 aromatic heterocycles. The summed E-state index contributed by atoms with van der Waals surface area (Å²) in [5.74, 6) is 0.924. The van der Waals surface area contributed by atoms with Crippen molar-refractivity contribution in [3.05, 3.63) is 28.3 Å². The van der Waals surface area contributed by atoms with Crippen LogP contribution >= 0.6 is 0 Å². The number of non-ortho nitro benzene ring substituents is 1. The van der Waals surface area contributed by atoms with Crippen molar-refractivity contribution < 1.29 is 14.4 Å². The molecule has 0 aliphatic rings. The predicted molar refractivity (Wildman–Crippen MR) is 72.9 cm³/mol. The Labute approximate surface area is 112 Å². The zero-order chi connectivity index (χ0) is 14.1. The molecule has 0 heterocycles. The van der Waals surface area contributed by atoms with Crippen LogP contribution < -0.4 is 14.8 Å². The van der Waals surface area contributed by atoms with Crippen LogP contribution in [0.4, 0.5) is 5.69 Å². The number of hydrogen-bond donors (Lipinski definition) is 1. The minimum atomic E-state index is -0.448. The topological polar surface area (TPSA) is 73.6 Å². The van der Waals surface area contributed by atoms with Gasteiger partial charge in [0.1, 0.15) is 18.1 Å². The Morgan fingerprint density at radius 3 is 2.32 bits per heavy atom. The van der Waals surface area contributed by atoms with E-state index in [1.807, 2.05) is 13.8 Å². The second-order valence-electron chi connectivity index (χ2n) is 3.97. The van der Waals surface area contributed by atoms with E-state index in [9.17, 15) is 10.1 Å². The van der Waals surface area contributed by atoms with Gasteiger partial charge in [0.2, 0.25) is 0 Å². The molecule has 106 valence electrons. The number of rotatable bonds is 9. The Morgan fingerprint density at radius 2 is 1.79 bits per heavy atom. The van der Waals surface area contributed by atoms with Crippen molar-refractivity contribution in [2.75, 3.05) is 26.3 Å². The first-order chi connectivity index (χ1) is 9.17. The summed E-state index contributed by atoms with van der Waals surface area (Å²) in [6, 6.07) is 4.49. The fraction of sp³-hybridized carbons (Fsp3) is 0.538. The lowest BCUT2D eigenvalue weighted by molar-refractivity contribution is -0.385. The lowest BCUT2D eigenvalue weighted by atomic mass is 10.3. The average Bonchev–Trinajstić information content (AvgIpc) is 2.41. The van der Waals surface area contributed by atoms with Crippen molar-refractivity contribution in [1.82, 2.24) is 5.32 Å². The lowest BCUT2D eigenvalue weighted by Crippen LogP contribution is -2.20. The van der Waals surface area contributed by atoms with Gasteiger partial charge in [-0.1, -0.05) is 13.8 Å². The molecule has 19 heavy (non-hydrogen) atoms. The van der Waals surface area contributed by atoms with Gasteiger partial charge < -0.3 is 14.8 Å². The highest BCUT2D eigenvalue weighted by Crippen LogP contribution is 2.27. The first kappa shape index (κ1) is 15.2. The van der Waals surface area contributed by atoms with E-state index in [4.69, 9.17) is 9.47 Å². The second-order valence-corrected chi connectivity index (χ2v) is 3.97. The minimum Gasteiger partial charge on any atom is -0.493 e. The van der Waals surface area contributed by atoms with E-state index in [1.54, 1.807) is 6.07 Å². The molecule has 0 saturated heterocycles. The number of ether oxygens (including phenoxy) is 2. The third-order valence-electron chi connectivity index (χ3n) is 2.35. The molecule has 0 aliphatic heterocycles. The largest absolute Gasteiger partial charge is 0.493 e. The first-order valence-electron chi connectivity index (χ1n) is 6.43. The first-order valence-corrected chi connectivity index (χ1v) is 6.43. The van der Waals surface area contributed by atoms with Gasteiger partial charge in [0.25, 0.3) is 5.69 Å². The molecule has 0 saturated carbocycles. The van der Waals surface area contributed by atoms with Crippen molar-refractivity contribution in [2.45, 2.75) is 20.3 Å². The third kappa shape index (κ3) is 5.56. The van der Waals surface area contributed by atoms with Gasteiger partial charge in [0.05, 0.1) is 23.7 Å². The molecule has 1 N–H and O–H groups in total. The van der Waals surface area contributed by atoms with Crippen LogP contribution in [0.2, 0.25) is 0 Å². The number of likely N-dealkylation sites (N-methyl/N-ethyl adjacent to an activating group) is 1. The zero-order valence-corrected chi connectivity index (χ0v) is 11.3. The molecule has 0 radical (unpaired) electrons. The van der Waals surface area contributed by atoms with Crippen molar-refractivity contribution in [1.29, 1.82) is 0 Å². The summed E-state index contributed by atoms with van der Waals surface area (Å²) < 4.78 is 10.9. The van der Waals surface area contributed by atoms with Gasteiger partial charge in [-0.05, 0) is 13.0 Å². The third-order valence-corrected chi connectivity index (χ3v) is 2.35. The number of hydrogen-bond acceptors (Lipinski definition) is 5. The number of nitro benzene ring substituents is 1. The molecule has 1 rings (SSSR count). The van der Waals surface area contributed by atoms with Gasteiger partial charge in [-0.3, -0.25) is 10.1 Å². The molecule has 0 bridgehead atoms. The Balaban J connectivity index is 2.72. The molecule has 6 nitrogen and oxygen atoms in total. The normalized spacial score (nSPS) is 10.2. The van der Waals surface area contributed by atoms with E-state index in [2.05, 4.69) is 5.32 Å². The molecule has 6 heteroatoms. The fourth-order valence-corrected chi connectivity index (χ4v) is 1.47. The summed E-state index contributed by atoms with van der Waals surface area (Å²) in [5.41, 5.74) is -0.0212. The van der Waals surface area contributed by atoms with E-state index in [0.717, 1.165) is 13.0 Å². The van der Waals surface area contributed by atoms with Crippen molar-refractivity contribution in [2.24, 2.45) is 0 Å². The van der Waals surface area contributed by atoms with Gasteiger partial charge in [-0.25, -0.2) is 0 Å². The summed E-state index contributed by atoms with van der Waals surface area (Å²) in [6.07, 6.45) is 0.847. The van der Waals surface area contributed by atoms with Crippen LogP contribution in [0.5, 0.6) is 11.5 Å². The van der Waals surface area contributed by atoms with Crippen LogP contribution in [0.3, 0.4) is 0 Å². The van der Waals surface area contributed by atoms with E-state index in [-0.39, 0.29) is 5.69 Å². The van der Waals surface area contributed by atoms with Gasteiger partial charge in [0.15, 0.2) is 0 Å². The highest BCUT2D eigenvalue weighted by Gasteiger charge is 2.11.